The molecule has 0 saturated carbocycles. The number of ketones is 1. The second-order valence-electron chi connectivity index (χ2n) is 3.39. The molecule has 0 saturated heterocycles. The molecule has 0 fully saturated rings. The maximum atomic E-state index is 11.6. The first kappa shape index (κ1) is 10.0. The Balaban J connectivity index is 3.06. The molecule has 0 N–H and O–H groups in total. The SMILES string of the molecule is CCCC(=O)c1c(C)oc(C)c1C. The molecule has 0 aliphatic carbocycles. The number of hydrogen-bond donors (Lipinski definition) is 0. The quantitative estimate of drug-likeness (QED) is 0.669. The van der Waals surface area contributed by atoms with E-state index in [1.165, 1.54) is 0 Å². The van der Waals surface area contributed by atoms with Crippen molar-refractivity contribution in [1.29, 1.82) is 0 Å². The molecule has 0 bridgehead atoms. The molecule has 0 aliphatic heterocycles. The Hall–Kier alpha value is -1.05. The Labute approximate surface area is 78.9 Å². The monoisotopic (exact) mass is 180 g/mol. The van der Waals surface area contributed by atoms with Crippen LogP contribution < -0.4 is 0 Å². The summed E-state index contributed by atoms with van der Waals surface area (Å²) in [5.41, 5.74) is 1.79. The fraction of sp³-hybridized carbons (Fsp3) is 0.545. The first-order valence-electron chi connectivity index (χ1n) is 4.67. The van der Waals surface area contributed by atoms with Crippen LogP contribution in [-0.2, 0) is 0 Å². The van der Waals surface area contributed by atoms with E-state index in [2.05, 4.69) is 0 Å². The summed E-state index contributed by atoms with van der Waals surface area (Å²) >= 11 is 0. The van der Waals surface area contributed by atoms with Gasteiger partial charge in [-0.2, -0.15) is 0 Å². The van der Waals surface area contributed by atoms with Crippen molar-refractivity contribution in [2.24, 2.45) is 0 Å². The molecular weight excluding hydrogens is 164 g/mol. The summed E-state index contributed by atoms with van der Waals surface area (Å²) in [6, 6.07) is 0. The minimum Gasteiger partial charge on any atom is -0.466 e. The van der Waals surface area contributed by atoms with Gasteiger partial charge in [0.2, 0.25) is 0 Å². The number of carbonyl (C=O) groups excluding carboxylic acids is 1. The van der Waals surface area contributed by atoms with E-state index in [4.69, 9.17) is 4.42 Å². The van der Waals surface area contributed by atoms with Gasteiger partial charge in [-0.05, 0) is 27.2 Å². The van der Waals surface area contributed by atoms with E-state index < -0.39 is 0 Å². The second-order valence-corrected chi connectivity index (χ2v) is 3.39. The Kier molecular flexibility index (Phi) is 2.91. The summed E-state index contributed by atoms with van der Waals surface area (Å²) in [7, 11) is 0. The highest BCUT2D eigenvalue weighted by Gasteiger charge is 2.16. The number of furan rings is 1. The zero-order valence-corrected chi connectivity index (χ0v) is 8.73. The van der Waals surface area contributed by atoms with Gasteiger partial charge in [0.25, 0.3) is 0 Å². The van der Waals surface area contributed by atoms with Gasteiger partial charge in [-0.1, -0.05) is 6.92 Å². The lowest BCUT2D eigenvalue weighted by atomic mass is 10.0. The predicted molar refractivity (Wildman–Crippen MR) is 52.2 cm³/mol. The van der Waals surface area contributed by atoms with Crippen LogP contribution in [0.2, 0.25) is 0 Å². The van der Waals surface area contributed by atoms with E-state index in [1.54, 1.807) is 0 Å². The largest absolute Gasteiger partial charge is 0.466 e. The van der Waals surface area contributed by atoms with Crippen LogP contribution in [0.15, 0.2) is 4.42 Å². The van der Waals surface area contributed by atoms with Crippen LogP contribution >= 0.6 is 0 Å². The van der Waals surface area contributed by atoms with Crippen LogP contribution in [0.4, 0.5) is 0 Å². The fourth-order valence-corrected chi connectivity index (χ4v) is 1.55. The third kappa shape index (κ3) is 1.82. The molecule has 2 nitrogen and oxygen atoms in total. The van der Waals surface area contributed by atoms with Crippen molar-refractivity contribution < 1.29 is 9.21 Å². The van der Waals surface area contributed by atoms with Crippen molar-refractivity contribution in [3.8, 4) is 0 Å². The van der Waals surface area contributed by atoms with Crippen molar-refractivity contribution in [3.63, 3.8) is 0 Å². The fourth-order valence-electron chi connectivity index (χ4n) is 1.55. The van der Waals surface area contributed by atoms with Crippen LogP contribution in [-0.4, -0.2) is 5.78 Å². The summed E-state index contributed by atoms with van der Waals surface area (Å²) in [5.74, 6) is 1.82. The number of Topliss-reactive ketones (excluding diaryl/α,β-unsaturated/α-hetero) is 1. The maximum Gasteiger partial charge on any atom is 0.166 e. The van der Waals surface area contributed by atoms with Crippen molar-refractivity contribution in [1.82, 2.24) is 0 Å². The molecule has 0 aromatic carbocycles. The Morgan fingerprint density at radius 1 is 1.23 bits per heavy atom. The maximum absolute atomic E-state index is 11.6. The molecule has 72 valence electrons. The molecule has 1 aromatic rings. The zero-order valence-electron chi connectivity index (χ0n) is 8.73. The molecule has 2 heteroatoms. The number of rotatable bonds is 3. The van der Waals surface area contributed by atoms with Crippen LogP contribution in [0, 0.1) is 20.8 Å². The third-order valence-corrected chi connectivity index (χ3v) is 2.32. The molecule has 0 amide bonds. The van der Waals surface area contributed by atoms with E-state index in [9.17, 15) is 4.79 Å². The molecule has 0 spiro atoms. The molecule has 0 radical (unpaired) electrons. The number of hydrogen-bond acceptors (Lipinski definition) is 2. The van der Waals surface area contributed by atoms with Gasteiger partial charge in [-0.25, -0.2) is 0 Å². The highest BCUT2D eigenvalue weighted by molar-refractivity contribution is 5.98. The van der Waals surface area contributed by atoms with Gasteiger partial charge in [0.05, 0.1) is 5.56 Å². The van der Waals surface area contributed by atoms with Crippen LogP contribution in [0.3, 0.4) is 0 Å². The van der Waals surface area contributed by atoms with Crippen LogP contribution in [0.25, 0.3) is 0 Å². The molecular formula is C11H16O2. The van der Waals surface area contributed by atoms with E-state index in [-0.39, 0.29) is 5.78 Å². The summed E-state index contributed by atoms with van der Waals surface area (Å²) in [6.45, 7) is 7.69. The molecule has 1 heterocycles. The van der Waals surface area contributed by atoms with Gasteiger partial charge in [0.1, 0.15) is 11.5 Å². The molecule has 1 rings (SSSR count). The van der Waals surface area contributed by atoms with Crippen molar-refractivity contribution in [2.75, 3.05) is 0 Å². The average molecular weight is 180 g/mol. The summed E-state index contributed by atoms with van der Waals surface area (Å²) in [6.07, 6.45) is 1.50. The first-order chi connectivity index (χ1) is 6.07. The first-order valence-corrected chi connectivity index (χ1v) is 4.67. The molecule has 1 aromatic heterocycles. The molecule has 13 heavy (non-hydrogen) atoms. The normalized spacial score (nSPS) is 10.5. The summed E-state index contributed by atoms with van der Waals surface area (Å²) < 4.78 is 5.39. The van der Waals surface area contributed by atoms with Gasteiger partial charge in [0.15, 0.2) is 5.78 Å². The van der Waals surface area contributed by atoms with Crippen molar-refractivity contribution >= 4 is 5.78 Å². The predicted octanol–water partition coefficient (Wildman–Crippen LogP) is 3.19. The molecule has 0 unspecified atom stereocenters. The van der Waals surface area contributed by atoms with E-state index in [0.717, 1.165) is 29.1 Å². The minimum absolute atomic E-state index is 0.203. The van der Waals surface area contributed by atoms with Gasteiger partial charge in [-0.3, -0.25) is 4.79 Å². The van der Waals surface area contributed by atoms with Crippen molar-refractivity contribution in [2.45, 2.75) is 40.5 Å². The Bertz CT molecular complexity index is 321. The Morgan fingerprint density at radius 3 is 2.23 bits per heavy atom. The number of aryl methyl sites for hydroxylation is 2. The van der Waals surface area contributed by atoms with Gasteiger partial charge < -0.3 is 4.42 Å². The van der Waals surface area contributed by atoms with Crippen LogP contribution in [0.1, 0.15) is 47.2 Å². The summed E-state index contributed by atoms with van der Waals surface area (Å²) in [4.78, 5) is 11.6. The zero-order chi connectivity index (χ0) is 10.0. The highest BCUT2D eigenvalue weighted by Crippen LogP contribution is 2.22. The van der Waals surface area contributed by atoms with Gasteiger partial charge in [0, 0.05) is 12.0 Å². The smallest absolute Gasteiger partial charge is 0.166 e. The Morgan fingerprint density at radius 2 is 1.85 bits per heavy atom. The second kappa shape index (κ2) is 3.77. The number of carbonyl (C=O) groups is 1. The molecule has 0 atom stereocenters. The average Bonchev–Trinajstić information content (AvgIpc) is 2.27. The third-order valence-electron chi connectivity index (χ3n) is 2.32. The lowest BCUT2D eigenvalue weighted by Gasteiger charge is -1.97. The van der Waals surface area contributed by atoms with E-state index in [1.807, 2.05) is 27.7 Å². The van der Waals surface area contributed by atoms with E-state index in [0.29, 0.717) is 6.42 Å². The van der Waals surface area contributed by atoms with Gasteiger partial charge >= 0.3 is 0 Å². The lowest BCUT2D eigenvalue weighted by Crippen LogP contribution is -2.00. The molecule has 0 aliphatic rings. The highest BCUT2D eigenvalue weighted by atomic mass is 16.3. The standard InChI is InChI=1S/C11H16O2/c1-5-6-10(12)11-7(2)8(3)13-9(11)4/h5-6H2,1-4H3. The van der Waals surface area contributed by atoms with Crippen molar-refractivity contribution in [3.05, 3.63) is 22.6 Å². The summed E-state index contributed by atoms with van der Waals surface area (Å²) in [5, 5.41) is 0. The van der Waals surface area contributed by atoms with Gasteiger partial charge in [-0.15, -0.1) is 0 Å². The minimum atomic E-state index is 0.203. The lowest BCUT2D eigenvalue weighted by molar-refractivity contribution is 0.0980. The van der Waals surface area contributed by atoms with Crippen LogP contribution in [0.5, 0.6) is 0 Å². The van der Waals surface area contributed by atoms with E-state index >= 15 is 0 Å². The topological polar surface area (TPSA) is 30.2 Å².